The standard InChI is InChI=1S/C94H144N2O6S2/c1-15-23-31-39-41-45-53-69(51-43-33-25-17-3)67-95-85(83-84(92(95)98)86(79-57-58-80(104-79)94(12,13)14)96(91(83)97)68-70(52-44-34-26-18-4)54-46-42-40-32-24-16-2)78-56-55-77(103-78)71-63-73-81-74(64-71)88(100-60-48-36-28-20-6)90(102-62-50-38-30-22-8)76-66-72(93(9,10)11)65-75(82(76)81)89(101-61-49-37-29-21-7)87(73)99-59-47-35-27-19-5/h55-58,63-66,69-70H,15-54,59-62,67-68H2,1-14H3. The molecule has 2 unspecified atom stereocenters. The smallest absolute Gasteiger partial charge is 0.261 e. The highest BCUT2D eigenvalue weighted by Gasteiger charge is 2.50. The zero-order valence-corrected chi connectivity index (χ0v) is 70.1. The van der Waals surface area contributed by atoms with Crippen LogP contribution in [-0.2, 0) is 20.4 Å². The summed E-state index contributed by atoms with van der Waals surface area (Å²) in [7, 11) is 0. The van der Waals surface area contributed by atoms with Crippen LogP contribution in [0.1, 0.15) is 374 Å². The number of hydrogen-bond acceptors (Lipinski definition) is 8. The molecule has 0 spiro atoms. The fraction of sp³-hybridized carbons (Fsp3) is 0.681. The van der Waals surface area contributed by atoms with E-state index in [1.165, 1.54) is 132 Å². The van der Waals surface area contributed by atoms with Gasteiger partial charge in [-0.3, -0.25) is 9.59 Å². The van der Waals surface area contributed by atoms with Gasteiger partial charge < -0.3 is 28.7 Å². The number of fused-ring (bicyclic) bond motifs is 1. The molecule has 0 N–H and O–H groups in total. The second-order valence-corrected chi connectivity index (χ2v) is 35.7. The minimum absolute atomic E-state index is 0.00176. The van der Waals surface area contributed by atoms with E-state index in [0.717, 1.165) is 222 Å². The Balaban J connectivity index is 1.41. The summed E-state index contributed by atoms with van der Waals surface area (Å²) >= 11 is 3.51. The van der Waals surface area contributed by atoms with E-state index in [4.69, 9.17) is 18.9 Å². The molecule has 8 nitrogen and oxygen atoms in total. The summed E-state index contributed by atoms with van der Waals surface area (Å²) in [5, 5.41) is 6.44. The summed E-state index contributed by atoms with van der Waals surface area (Å²) < 4.78 is 29.4. The van der Waals surface area contributed by atoms with Gasteiger partial charge in [-0.15, -0.1) is 22.7 Å². The lowest BCUT2D eigenvalue weighted by molar-refractivity contribution is -0.124. The van der Waals surface area contributed by atoms with Crippen molar-refractivity contribution >= 4 is 78.2 Å². The van der Waals surface area contributed by atoms with Crippen LogP contribution in [0, 0.1) is 11.8 Å². The summed E-state index contributed by atoms with van der Waals surface area (Å²) in [5.41, 5.74) is 4.88. The van der Waals surface area contributed by atoms with Crippen LogP contribution in [0.25, 0.3) is 54.2 Å². The van der Waals surface area contributed by atoms with Gasteiger partial charge in [-0.05, 0) is 134 Å². The summed E-state index contributed by atoms with van der Waals surface area (Å²) in [6.45, 7) is 35.7. The maximum absolute atomic E-state index is 16.6. The highest BCUT2D eigenvalue weighted by atomic mass is 32.1. The number of rotatable bonds is 55. The highest BCUT2D eigenvalue weighted by molar-refractivity contribution is 7.16. The quantitative estimate of drug-likeness (QED) is 0.0280. The minimum Gasteiger partial charge on any atom is -0.489 e. The van der Waals surface area contributed by atoms with Crippen molar-refractivity contribution < 1.29 is 28.5 Å². The first-order valence-electron chi connectivity index (χ1n) is 43.2. The lowest BCUT2D eigenvalue weighted by atomic mass is 9.82. The Morgan fingerprint density at radius 2 is 0.625 bits per heavy atom. The molecule has 2 aromatic heterocycles. The molecule has 2 atom stereocenters. The Morgan fingerprint density at radius 3 is 0.952 bits per heavy atom. The predicted molar refractivity (Wildman–Crippen MR) is 451 cm³/mol. The Bertz CT molecular complexity index is 3500. The second-order valence-electron chi connectivity index (χ2n) is 33.5. The van der Waals surface area contributed by atoms with Crippen LogP contribution in [-0.4, -0.2) is 61.1 Å². The fourth-order valence-corrected chi connectivity index (χ4v) is 18.2. The van der Waals surface area contributed by atoms with E-state index >= 15 is 9.59 Å². The van der Waals surface area contributed by atoms with Crippen molar-refractivity contribution in [2.24, 2.45) is 11.8 Å². The van der Waals surface area contributed by atoms with Crippen molar-refractivity contribution in [1.29, 1.82) is 0 Å². The summed E-state index contributed by atoms with van der Waals surface area (Å²) in [4.78, 5) is 41.8. The molecule has 0 saturated carbocycles. The van der Waals surface area contributed by atoms with Gasteiger partial charge >= 0.3 is 0 Å². The van der Waals surface area contributed by atoms with Gasteiger partial charge in [0.15, 0.2) is 23.0 Å². The average Bonchev–Trinajstić information content (AvgIpc) is 1.39. The summed E-state index contributed by atoms with van der Waals surface area (Å²) in [5.74, 6) is 3.88. The lowest BCUT2D eigenvalue weighted by Crippen LogP contribution is -2.34. The van der Waals surface area contributed by atoms with Crippen molar-refractivity contribution in [3.8, 4) is 33.4 Å². The third kappa shape index (κ3) is 23.0. The molecule has 10 heteroatoms. The van der Waals surface area contributed by atoms with Crippen LogP contribution in [0.15, 0.2) is 59.7 Å². The number of benzene rings is 4. The van der Waals surface area contributed by atoms with E-state index in [1.54, 1.807) is 22.7 Å². The molecule has 2 amide bonds. The van der Waals surface area contributed by atoms with Gasteiger partial charge in [0.25, 0.3) is 11.8 Å². The van der Waals surface area contributed by atoms with E-state index < -0.39 is 0 Å². The number of nitrogens with zero attached hydrogens (tertiary/aromatic N) is 2. The molecule has 8 rings (SSSR count). The number of unbranched alkanes of at least 4 members (excludes halogenated alkanes) is 28. The maximum atomic E-state index is 16.6. The number of ether oxygens (including phenoxy) is 4. The third-order valence-corrected chi connectivity index (χ3v) is 25.0. The van der Waals surface area contributed by atoms with E-state index in [-0.39, 0.29) is 22.6 Å². The topological polar surface area (TPSA) is 77.5 Å². The van der Waals surface area contributed by atoms with Gasteiger partial charge in [0, 0.05) is 55.2 Å². The van der Waals surface area contributed by atoms with Gasteiger partial charge in [0.1, 0.15) is 0 Å². The van der Waals surface area contributed by atoms with E-state index in [9.17, 15) is 0 Å². The van der Waals surface area contributed by atoms with E-state index in [2.05, 4.69) is 155 Å². The normalized spacial score (nSPS) is 14.3. The number of thiophene rings is 2. The van der Waals surface area contributed by atoms with Crippen LogP contribution in [0.2, 0.25) is 0 Å². The maximum Gasteiger partial charge on any atom is 0.261 e. The highest BCUT2D eigenvalue weighted by Crippen LogP contribution is 2.57. The summed E-state index contributed by atoms with van der Waals surface area (Å²) in [6, 6.07) is 18.6. The number of amides is 2. The van der Waals surface area contributed by atoms with Crippen LogP contribution in [0.4, 0.5) is 0 Å². The molecule has 0 saturated heterocycles. The first-order valence-corrected chi connectivity index (χ1v) is 44.8. The molecule has 0 fully saturated rings. The molecule has 0 radical (unpaired) electrons. The van der Waals surface area contributed by atoms with Crippen molar-refractivity contribution in [2.75, 3.05) is 39.5 Å². The van der Waals surface area contributed by atoms with Crippen LogP contribution in [0.5, 0.6) is 23.0 Å². The molecule has 4 aromatic carbocycles. The lowest BCUT2D eigenvalue weighted by Gasteiger charge is -2.29. The molecule has 6 aromatic rings. The van der Waals surface area contributed by atoms with E-state index in [0.29, 0.717) is 62.5 Å². The fourth-order valence-electron chi connectivity index (χ4n) is 16.1. The van der Waals surface area contributed by atoms with Crippen LogP contribution < -0.4 is 18.9 Å². The molecule has 2 aliphatic heterocycles. The monoisotopic (exact) mass is 1460 g/mol. The van der Waals surface area contributed by atoms with Crippen molar-refractivity contribution in [2.45, 2.75) is 365 Å². The first-order chi connectivity index (χ1) is 50.5. The Morgan fingerprint density at radius 1 is 0.337 bits per heavy atom. The predicted octanol–water partition coefficient (Wildman–Crippen LogP) is 29.3. The van der Waals surface area contributed by atoms with Crippen LogP contribution >= 0.6 is 22.7 Å². The number of carbonyl (C=O) groups is 2. The van der Waals surface area contributed by atoms with Gasteiger partial charge in [-0.2, -0.15) is 0 Å². The Kier molecular flexibility index (Phi) is 35.6. The minimum atomic E-state index is -0.185. The van der Waals surface area contributed by atoms with E-state index in [1.807, 2.05) is 0 Å². The summed E-state index contributed by atoms with van der Waals surface area (Å²) in [6.07, 6.45) is 46.2. The average molecular weight is 1460 g/mol. The van der Waals surface area contributed by atoms with Crippen molar-refractivity contribution in [1.82, 2.24) is 9.80 Å². The van der Waals surface area contributed by atoms with Crippen LogP contribution in [0.3, 0.4) is 0 Å². The van der Waals surface area contributed by atoms with Gasteiger partial charge in [0.2, 0.25) is 0 Å². The molecular weight excluding hydrogens is 1320 g/mol. The molecule has 104 heavy (non-hydrogen) atoms. The van der Waals surface area contributed by atoms with Crippen molar-refractivity contribution in [3.05, 3.63) is 79.9 Å². The van der Waals surface area contributed by atoms with Gasteiger partial charge in [-0.25, -0.2) is 0 Å². The zero-order valence-electron chi connectivity index (χ0n) is 68.5. The molecule has 2 aliphatic rings. The SMILES string of the molecule is CCCCCCCCC(CCCCCC)CN1C(=O)C2=C(c3ccc(C(C)(C)C)s3)N(CC(CCCCCC)CCCCCCCC)C(=O)C2=C1c1ccc(-c2cc3c(OCCCCCC)c(OCCCCCC)c4cc(C(C)(C)C)cc5c(OCCCCCC)c(OCCCCCC)c(c2)c3c45)s1. The molecule has 0 bridgehead atoms. The molecular formula is C94H144N2O6S2. The number of hydrogen-bond donors (Lipinski definition) is 0. The molecule has 4 heterocycles. The van der Waals surface area contributed by atoms with Crippen molar-refractivity contribution in [3.63, 3.8) is 0 Å². The Labute approximate surface area is 641 Å². The Hall–Kier alpha value is -5.06. The second kappa shape index (κ2) is 43.8. The molecule has 578 valence electrons. The molecule has 0 aliphatic carbocycles. The van der Waals surface area contributed by atoms with Gasteiger partial charge in [0.05, 0.1) is 58.7 Å². The number of carbonyl (C=O) groups excluding carboxylic acids is 2. The zero-order chi connectivity index (χ0) is 74.4. The van der Waals surface area contributed by atoms with Gasteiger partial charge in [-0.1, -0.05) is 302 Å². The first kappa shape index (κ1) is 84.6. The largest absolute Gasteiger partial charge is 0.489 e. The third-order valence-electron chi connectivity index (χ3n) is 22.4.